The fraction of sp³-hybridized carbons (Fsp3) is 0.238. The molecule has 0 aliphatic rings. The second-order valence-corrected chi connectivity index (χ2v) is 7.14. The van der Waals surface area contributed by atoms with Crippen LogP contribution in [0.1, 0.15) is 22.8 Å². The highest BCUT2D eigenvalue weighted by Crippen LogP contribution is 2.42. The maximum absolute atomic E-state index is 13.5. The quantitative estimate of drug-likeness (QED) is 0.585. The van der Waals surface area contributed by atoms with Gasteiger partial charge in [0.2, 0.25) is 11.7 Å². The summed E-state index contributed by atoms with van der Waals surface area (Å²) in [6.07, 6.45) is 0. The molecule has 0 bridgehead atoms. The van der Waals surface area contributed by atoms with Gasteiger partial charge in [-0.25, -0.2) is 0 Å². The second-order valence-electron chi connectivity index (χ2n) is 6.09. The van der Waals surface area contributed by atoms with Crippen LogP contribution >= 0.6 is 11.3 Å². The van der Waals surface area contributed by atoms with Gasteiger partial charge in [0.05, 0.1) is 34.0 Å². The van der Waals surface area contributed by atoms with E-state index in [0.717, 1.165) is 10.1 Å². The Labute approximate surface area is 172 Å². The average molecular weight is 415 g/mol. The molecule has 0 spiro atoms. The molecular formula is C21H21NO6S. The number of fused-ring (bicyclic) bond motifs is 1. The van der Waals surface area contributed by atoms with Crippen LogP contribution in [0.15, 0.2) is 30.3 Å². The zero-order chi connectivity index (χ0) is 21.1. The van der Waals surface area contributed by atoms with Gasteiger partial charge in [0, 0.05) is 22.6 Å². The maximum Gasteiger partial charge on any atom is 0.221 e. The van der Waals surface area contributed by atoms with Crippen molar-refractivity contribution in [2.24, 2.45) is 0 Å². The van der Waals surface area contributed by atoms with E-state index in [1.807, 2.05) is 6.07 Å². The van der Waals surface area contributed by atoms with Crippen molar-refractivity contribution in [3.05, 3.63) is 41.5 Å². The molecule has 0 unspecified atom stereocenters. The highest BCUT2D eigenvalue weighted by atomic mass is 32.1. The normalized spacial score (nSPS) is 10.5. The van der Waals surface area contributed by atoms with Crippen molar-refractivity contribution >= 4 is 38.1 Å². The molecule has 3 rings (SSSR count). The minimum absolute atomic E-state index is 0.262. The Morgan fingerprint density at radius 2 is 1.55 bits per heavy atom. The minimum atomic E-state index is -0.274. The summed E-state index contributed by atoms with van der Waals surface area (Å²) in [5.41, 5.74) is 0.749. The zero-order valence-corrected chi connectivity index (χ0v) is 17.6. The Balaban J connectivity index is 2.21. The van der Waals surface area contributed by atoms with Gasteiger partial charge < -0.3 is 24.3 Å². The van der Waals surface area contributed by atoms with E-state index in [-0.39, 0.29) is 11.7 Å². The van der Waals surface area contributed by atoms with Gasteiger partial charge in [0.15, 0.2) is 17.3 Å². The molecule has 0 aliphatic heterocycles. The van der Waals surface area contributed by atoms with Crippen LogP contribution in [0.2, 0.25) is 0 Å². The highest BCUT2D eigenvalue weighted by molar-refractivity contribution is 7.23. The minimum Gasteiger partial charge on any atom is -0.497 e. The molecular weight excluding hydrogens is 394 g/mol. The topological polar surface area (TPSA) is 83.1 Å². The van der Waals surface area contributed by atoms with Gasteiger partial charge in [0.25, 0.3) is 0 Å². The number of nitrogens with one attached hydrogen (secondary N) is 1. The summed E-state index contributed by atoms with van der Waals surface area (Å²) in [5, 5.41) is 3.95. The van der Waals surface area contributed by atoms with Gasteiger partial charge >= 0.3 is 0 Å². The van der Waals surface area contributed by atoms with Crippen LogP contribution in [0.4, 0.5) is 5.00 Å². The van der Waals surface area contributed by atoms with Gasteiger partial charge in [-0.2, -0.15) is 0 Å². The Morgan fingerprint density at radius 1 is 0.897 bits per heavy atom. The predicted molar refractivity (Wildman–Crippen MR) is 112 cm³/mol. The van der Waals surface area contributed by atoms with Crippen LogP contribution in [0.5, 0.6) is 23.0 Å². The van der Waals surface area contributed by atoms with Crippen molar-refractivity contribution < 1.29 is 28.5 Å². The number of ether oxygens (including phenoxy) is 4. The molecule has 0 fully saturated rings. The first-order valence-electron chi connectivity index (χ1n) is 8.66. The summed E-state index contributed by atoms with van der Waals surface area (Å²) in [4.78, 5) is 25.2. The lowest BCUT2D eigenvalue weighted by Crippen LogP contribution is -2.10. The van der Waals surface area contributed by atoms with Gasteiger partial charge in [-0.15, -0.1) is 11.3 Å². The number of ketones is 1. The number of anilines is 1. The Bertz CT molecular complexity index is 1060. The van der Waals surface area contributed by atoms with Gasteiger partial charge in [0.1, 0.15) is 10.8 Å². The smallest absolute Gasteiger partial charge is 0.221 e. The third-order valence-electron chi connectivity index (χ3n) is 4.34. The average Bonchev–Trinajstić information content (AvgIpc) is 3.07. The second kappa shape index (κ2) is 8.40. The van der Waals surface area contributed by atoms with Crippen molar-refractivity contribution in [1.82, 2.24) is 0 Å². The molecule has 1 aromatic heterocycles. The summed E-state index contributed by atoms with van der Waals surface area (Å²) >= 11 is 1.31. The molecule has 8 heteroatoms. The van der Waals surface area contributed by atoms with E-state index in [2.05, 4.69) is 5.32 Å². The fourth-order valence-electron chi connectivity index (χ4n) is 3.03. The number of benzene rings is 2. The largest absolute Gasteiger partial charge is 0.497 e. The SMILES string of the molecule is COc1ccc2c(C(=O)c3cc(OC)c(OC)c(OC)c3)c(NC(C)=O)sc2c1. The van der Waals surface area contributed by atoms with Crippen LogP contribution < -0.4 is 24.3 Å². The van der Waals surface area contributed by atoms with Crippen LogP contribution in [0.3, 0.4) is 0 Å². The molecule has 0 atom stereocenters. The van der Waals surface area contributed by atoms with Crippen molar-refractivity contribution in [2.75, 3.05) is 33.8 Å². The van der Waals surface area contributed by atoms with E-state index < -0.39 is 0 Å². The lowest BCUT2D eigenvalue weighted by Gasteiger charge is -2.14. The summed E-state index contributed by atoms with van der Waals surface area (Å²) < 4.78 is 22.1. The van der Waals surface area contributed by atoms with E-state index in [1.54, 1.807) is 31.4 Å². The predicted octanol–water partition coefficient (Wildman–Crippen LogP) is 4.13. The number of methoxy groups -OCH3 is 4. The van der Waals surface area contributed by atoms with Gasteiger partial charge in [-0.3, -0.25) is 9.59 Å². The van der Waals surface area contributed by atoms with Crippen LogP contribution in [-0.2, 0) is 4.79 Å². The lowest BCUT2D eigenvalue weighted by atomic mass is 10.0. The van der Waals surface area contributed by atoms with Crippen molar-refractivity contribution in [1.29, 1.82) is 0 Å². The number of carbonyl (C=O) groups excluding carboxylic acids is 2. The first-order valence-corrected chi connectivity index (χ1v) is 9.48. The number of hydrogen-bond acceptors (Lipinski definition) is 7. The van der Waals surface area contributed by atoms with E-state index in [4.69, 9.17) is 18.9 Å². The third-order valence-corrected chi connectivity index (χ3v) is 5.41. The van der Waals surface area contributed by atoms with Gasteiger partial charge in [-0.05, 0) is 30.3 Å². The standard InChI is InChI=1S/C21H21NO6S/c1-11(23)22-21-18(14-7-6-13(25-2)10-17(14)29-21)19(24)12-8-15(26-3)20(28-5)16(9-12)27-4/h6-10H,1-5H3,(H,22,23). The summed E-state index contributed by atoms with van der Waals surface area (Å²) in [7, 11) is 6.04. The van der Waals surface area contributed by atoms with Crippen molar-refractivity contribution in [2.45, 2.75) is 6.92 Å². The first kappa shape index (κ1) is 20.5. The molecule has 152 valence electrons. The Morgan fingerprint density at radius 3 is 2.07 bits per heavy atom. The first-order chi connectivity index (χ1) is 13.9. The van der Waals surface area contributed by atoms with Crippen LogP contribution in [-0.4, -0.2) is 40.1 Å². The van der Waals surface area contributed by atoms with E-state index in [1.165, 1.54) is 39.6 Å². The van der Waals surface area contributed by atoms with Gasteiger partial charge in [-0.1, -0.05) is 0 Å². The Kier molecular flexibility index (Phi) is 5.93. The number of hydrogen-bond donors (Lipinski definition) is 1. The molecule has 1 heterocycles. The number of amides is 1. The van der Waals surface area contributed by atoms with Crippen LogP contribution in [0.25, 0.3) is 10.1 Å². The molecule has 1 amide bonds. The fourth-order valence-corrected chi connectivity index (χ4v) is 4.21. The van der Waals surface area contributed by atoms with Crippen molar-refractivity contribution in [3.63, 3.8) is 0 Å². The molecule has 29 heavy (non-hydrogen) atoms. The lowest BCUT2D eigenvalue weighted by molar-refractivity contribution is -0.114. The summed E-state index contributed by atoms with van der Waals surface area (Å²) in [6, 6.07) is 8.60. The van der Waals surface area contributed by atoms with Crippen molar-refractivity contribution in [3.8, 4) is 23.0 Å². The number of thiophene rings is 1. The molecule has 0 aliphatic carbocycles. The molecule has 2 aromatic carbocycles. The molecule has 7 nitrogen and oxygen atoms in total. The number of carbonyl (C=O) groups is 2. The molecule has 1 N–H and O–H groups in total. The Hall–Kier alpha value is -3.26. The molecule has 0 saturated carbocycles. The summed E-state index contributed by atoms with van der Waals surface area (Å²) in [6.45, 7) is 1.40. The molecule has 3 aromatic rings. The maximum atomic E-state index is 13.5. The number of rotatable bonds is 7. The molecule has 0 radical (unpaired) electrons. The molecule has 0 saturated heterocycles. The van der Waals surface area contributed by atoms with E-state index in [9.17, 15) is 9.59 Å². The third kappa shape index (κ3) is 3.84. The summed E-state index contributed by atoms with van der Waals surface area (Å²) in [5.74, 6) is 1.27. The van der Waals surface area contributed by atoms with Crippen LogP contribution in [0, 0.1) is 0 Å². The van der Waals surface area contributed by atoms with E-state index in [0.29, 0.717) is 39.1 Å². The zero-order valence-electron chi connectivity index (χ0n) is 16.7. The van der Waals surface area contributed by atoms with E-state index >= 15 is 0 Å². The monoisotopic (exact) mass is 415 g/mol. The highest BCUT2D eigenvalue weighted by Gasteiger charge is 2.24.